The molecular formula is C17H13N3O2S. The maximum atomic E-state index is 9.93. The van der Waals surface area contributed by atoms with Gasteiger partial charge < -0.3 is 14.6 Å². The van der Waals surface area contributed by atoms with Gasteiger partial charge in [-0.05, 0) is 24.3 Å². The number of aromatic hydroxyl groups is 2. The predicted molar refractivity (Wildman–Crippen MR) is 88.9 cm³/mol. The topological polar surface area (TPSA) is 70.7 Å². The summed E-state index contributed by atoms with van der Waals surface area (Å²) in [7, 11) is 0. The lowest BCUT2D eigenvalue weighted by Gasteiger charge is -2.01. The fourth-order valence-electron chi connectivity index (χ4n) is 2.48. The Morgan fingerprint density at radius 3 is 2.83 bits per heavy atom. The number of pyridine rings is 1. The van der Waals surface area contributed by atoms with Gasteiger partial charge in [-0.15, -0.1) is 11.3 Å². The molecule has 1 aromatic carbocycles. The molecule has 3 aromatic heterocycles. The van der Waals surface area contributed by atoms with Crippen molar-refractivity contribution >= 4 is 17.0 Å². The monoisotopic (exact) mass is 323 g/mol. The van der Waals surface area contributed by atoms with E-state index in [0.717, 1.165) is 16.3 Å². The summed E-state index contributed by atoms with van der Waals surface area (Å²) in [4.78, 5) is 9.13. The maximum absolute atomic E-state index is 9.93. The molecule has 0 bridgehead atoms. The van der Waals surface area contributed by atoms with E-state index in [0.29, 0.717) is 17.7 Å². The molecule has 0 saturated carbocycles. The highest BCUT2D eigenvalue weighted by Gasteiger charge is 2.11. The van der Waals surface area contributed by atoms with E-state index in [1.165, 1.54) is 23.5 Å². The Morgan fingerprint density at radius 1 is 1.09 bits per heavy atom. The smallest absolute Gasteiger partial charge is 0.136 e. The number of rotatable bonds is 3. The summed E-state index contributed by atoms with van der Waals surface area (Å²) in [5, 5.41) is 22.1. The summed E-state index contributed by atoms with van der Waals surface area (Å²) in [5.74, 6) is 0.0565. The molecule has 0 spiro atoms. The van der Waals surface area contributed by atoms with Crippen LogP contribution in [0, 0.1) is 0 Å². The van der Waals surface area contributed by atoms with Gasteiger partial charge in [-0.3, -0.25) is 0 Å². The van der Waals surface area contributed by atoms with Gasteiger partial charge in [0.25, 0.3) is 0 Å². The number of fused-ring (bicyclic) bond motifs is 1. The van der Waals surface area contributed by atoms with Crippen LogP contribution >= 0.6 is 11.3 Å². The molecule has 0 fully saturated rings. The number of phenolic OH excluding ortho intramolecular Hbond substituents is 2. The van der Waals surface area contributed by atoms with Gasteiger partial charge in [0, 0.05) is 35.8 Å². The molecule has 0 atom stereocenters. The Morgan fingerprint density at radius 2 is 2.00 bits per heavy atom. The van der Waals surface area contributed by atoms with E-state index < -0.39 is 0 Å². The molecule has 23 heavy (non-hydrogen) atoms. The van der Waals surface area contributed by atoms with Crippen molar-refractivity contribution in [1.82, 2.24) is 14.4 Å². The first-order valence-corrected chi connectivity index (χ1v) is 7.96. The second kappa shape index (κ2) is 5.40. The summed E-state index contributed by atoms with van der Waals surface area (Å²) in [6, 6.07) is 10.4. The number of phenols is 2. The molecule has 0 saturated heterocycles. The summed E-state index contributed by atoms with van der Waals surface area (Å²) in [5.41, 5.74) is 3.18. The number of nitrogens with zero attached hydrogens (tertiary/aromatic N) is 3. The number of hydrogen-bond donors (Lipinski definition) is 2. The minimum absolute atomic E-state index is 0.0228. The molecule has 2 N–H and O–H groups in total. The first-order chi connectivity index (χ1) is 11.2. The maximum Gasteiger partial charge on any atom is 0.136 e. The average Bonchev–Trinajstić information content (AvgIpc) is 3.13. The average molecular weight is 323 g/mol. The van der Waals surface area contributed by atoms with E-state index in [2.05, 4.69) is 9.97 Å². The van der Waals surface area contributed by atoms with Crippen LogP contribution in [0.25, 0.3) is 16.9 Å². The zero-order chi connectivity index (χ0) is 15.8. The summed E-state index contributed by atoms with van der Waals surface area (Å²) in [6.45, 7) is 0. The van der Waals surface area contributed by atoms with Gasteiger partial charge in [0.05, 0.1) is 16.4 Å². The van der Waals surface area contributed by atoms with E-state index in [1.807, 2.05) is 40.4 Å². The van der Waals surface area contributed by atoms with E-state index in [9.17, 15) is 10.2 Å². The minimum Gasteiger partial charge on any atom is -0.508 e. The Kier molecular flexibility index (Phi) is 3.24. The SMILES string of the molecule is Oc1ccc(-c2csc(Cc3cn4ccccc4n3)n2)c(O)c1. The van der Waals surface area contributed by atoms with Crippen molar-refractivity contribution in [2.24, 2.45) is 0 Å². The van der Waals surface area contributed by atoms with E-state index in [-0.39, 0.29) is 11.5 Å². The van der Waals surface area contributed by atoms with Gasteiger partial charge in [-0.2, -0.15) is 0 Å². The lowest BCUT2D eigenvalue weighted by atomic mass is 10.1. The molecule has 0 unspecified atom stereocenters. The largest absolute Gasteiger partial charge is 0.508 e. The number of hydrogen-bond acceptors (Lipinski definition) is 5. The van der Waals surface area contributed by atoms with Gasteiger partial charge in [-0.1, -0.05) is 6.07 Å². The third-order valence-corrected chi connectivity index (χ3v) is 4.40. The van der Waals surface area contributed by atoms with Crippen LogP contribution in [0.15, 0.2) is 54.2 Å². The fourth-order valence-corrected chi connectivity index (χ4v) is 3.29. The van der Waals surface area contributed by atoms with Gasteiger partial charge >= 0.3 is 0 Å². The van der Waals surface area contributed by atoms with Crippen LogP contribution < -0.4 is 0 Å². The number of benzene rings is 1. The molecular weight excluding hydrogens is 310 g/mol. The Bertz CT molecular complexity index is 957. The summed E-state index contributed by atoms with van der Waals surface area (Å²) >= 11 is 1.53. The molecule has 0 radical (unpaired) electrons. The van der Waals surface area contributed by atoms with Crippen LogP contribution in [0.3, 0.4) is 0 Å². The lowest BCUT2D eigenvalue weighted by molar-refractivity contribution is 0.452. The van der Waals surface area contributed by atoms with Crippen LogP contribution in [0.4, 0.5) is 0 Å². The van der Waals surface area contributed by atoms with Crippen molar-refractivity contribution < 1.29 is 10.2 Å². The van der Waals surface area contributed by atoms with Gasteiger partial charge in [0.2, 0.25) is 0 Å². The van der Waals surface area contributed by atoms with Crippen LogP contribution in [0.1, 0.15) is 10.7 Å². The van der Waals surface area contributed by atoms with Crippen molar-refractivity contribution in [1.29, 1.82) is 0 Å². The quantitative estimate of drug-likeness (QED) is 0.606. The fraction of sp³-hybridized carbons (Fsp3) is 0.0588. The first-order valence-electron chi connectivity index (χ1n) is 7.08. The molecule has 0 aliphatic carbocycles. The standard InChI is InChI=1S/C17H13N3O2S/c21-12-4-5-13(15(22)8-12)14-10-23-17(19-14)7-11-9-20-6-2-1-3-16(20)18-11/h1-6,8-10,21-22H,7H2. The van der Waals surface area contributed by atoms with E-state index >= 15 is 0 Å². The molecule has 3 heterocycles. The Labute approximate surface area is 136 Å². The molecule has 114 valence electrons. The second-order valence-electron chi connectivity index (χ2n) is 5.20. The van der Waals surface area contributed by atoms with Crippen LogP contribution in [-0.2, 0) is 6.42 Å². The first kappa shape index (κ1) is 13.8. The van der Waals surface area contributed by atoms with Gasteiger partial charge in [0.15, 0.2) is 0 Å². The highest BCUT2D eigenvalue weighted by atomic mass is 32.1. The molecule has 6 heteroatoms. The zero-order valence-corrected chi connectivity index (χ0v) is 12.9. The molecule has 0 aliphatic heterocycles. The van der Waals surface area contributed by atoms with Crippen molar-refractivity contribution in [3.63, 3.8) is 0 Å². The minimum atomic E-state index is 0.0228. The Hall–Kier alpha value is -2.86. The summed E-state index contributed by atoms with van der Waals surface area (Å²) < 4.78 is 1.98. The molecule has 5 nitrogen and oxygen atoms in total. The number of thiazole rings is 1. The highest BCUT2D eigenvalue weighted by molar-refractivity contribution is 7.10. The van der Waals surface area contributed by atoms with Crippen LogP contribution in [0.5, 0.6) is 11.5 Å². The molecule has 0 amide bonds. The van der Waals surface area contributed by atoms with Crippen LogP contribution in [0.2, 0.25) is 0 Å². The zero-order valence-electron chi connectivity index (χ0n) is 12.0. The van der Waals surface area contributed by atoms with Gasteiger partial charge in [-0.25, -0.2) is 9.97 Å². The summed E-state index contributed by atoms with van der Waals surface area (Å²) in [6.07, 6.45) is 4.60. The van der Waals surface area contributed by atoms with E-state index in [4.69, 9.17) is 0 Å². The Balaban J connectivity index is 1.62. The predicted octanol–water partition coefficient (Wildman–Crippen LogP) is 3.46. The molecule has 0 aliphatic rings. The van der Waals surface area contributed by atoms with Crippen molar-refractivity contribution in [3.8, 4) is 22.8 Å². The third kappa shape index (κ3) is 2.64. The van der Waals surface area contributed by atoms with Crippen molar-refractivity contribution in [2.75, 3.05) is 0 Å². The molecule has 4 rings (SSSR count). The number of aromatic nitrogens is 3. The van der Waals surface area contributed by atoms with Gasteiger partial charge in [0.1, 0.15) is 17.1 Å². The normalized spacial score (nSPS) is 11.1. The molecule has 4 aromatic rings. The second-order valence-corrected chi connectivity index (χ2v) is 6.15. The van der Waals surface area contributed by atoms with Crippen LogP contribution in [-0.4, -0.2) is 24.6 Å². The van der Waals surface area contributed by atoms with Crippen molar-refractivity contribution in [2.45, 2.75) is 6.42 Å². The van der Waals surface area contributed by atoms with E-state index in [1.54, 1.807) is 6.07 Å². The number of imidazole rings is 1. The van der Waals surface area contributed by atoms with Crippen molar-refractivity contribution in [3.05, 3.63) is 64.9 Å². The lowest BCUT2D eigenvalue weighted by Crippen LogP contribution is -1.87. The third-order valence-electron chi connectivity index (χ3n) is 3.56. The highest BCUT2D eigenvalue weighted by Crippen LogP contribution is 2.32.